The zero-order chi connectivity index (χ0) is 17.1. The van der Waals surface area contributed by atoms with Gasteiger partial charge in [0.15, 0.2) is 0 Å². The van der Waals surface area contributed by atoms with Crippen molar-refractivity contribution in [2.45, 2.75) is 12.8 Å². The van der Waals surface area contributed by atoms with Crippen molar-refractivity contribution < 1.29 is 5.82 Å². The average molecular weight is 328 g/mol. The van der Waals surface area contributed by atoms with Gasteiger partial charge in [-0.05, 0) is 6.07 Å². The van der Waals surface area contributed by atoms with Crippen LogP contribution in [0.1, 0.15) is 19.4 Å². The molecule has 124 valence electrons. The average Bonchev–Trinajstić information content (AvgIpc) is 2.95. The van der Waals surface area contributed by atoms with Crippen molar-refractivity contribution in [3.63, 3.8) is 0 Å². The first-order valence-electron chi connectivity index (χ1n) is 7.27. The van der Waals surface area contributed by atoms with Gasteiger partial charge >= 0.3 is 0 Å². The van der Waals surface area contributed by atoms with Crippen molar-refractivity contribution >= 4 is 22.7 Å². The zero-order valence-electron chi connectivity index (χ0n) is 13.0. The zero-order valence-corrected chi connectivity index (χ0v) is 13.0. The Hall–Kier alpha value is -3.16. The van der Waals surface area contributed by atoms with Crippen LogP contribution < -0.4 is 5.56 Å². The molecule has 0 aliphatic heterocycles. The molecule has 8 heteroatoms. The second-order valence-electron chi connectivity index (χ2n) is 5.16. The van der Waals surface area contributed by atoms with E-state index in [0.29, 0.717) is 35.4 Å². The highest BCUT2D eigenvalue weighted by atomic mass is 19.1. The molecule has 7 nitrogen and oxygen atoms in total. The predicted octanol–water partition coefficient (Wildman–Crippen LogP) is 2.31. The SMILES string of the molecule is C=CCC=Nc1cc(F)cc2c(=O)[nH]nc(Cc3ncnn3C)c12.[HH]. The van der Waals surface area contributed by atoms with Crippen molar-refractivity contribution in [3.8, 4) is 0 Å². The number of H-pyrrole nitrogens is 1. The fourth-order valence-electron chi connectivity index (χ4n) is 2.39. The van der Waals surface area contributed by atoms with Gasteiger partial charge in [0.05, 0.1) is 23.2 Å². The Bertz CT molecular complexity index is 994. The molecule has 0 bridgehead atoms. The number of hydrogen-bond donors (Lipinski definition) is 1. The Morgan fingerprint density at radius 2 is 2.33 bits per heavy atom. The topological polar surface area (TPSA) is 88.8 Å². The number of nitrogens with zero attached hydrogens (tertiary/aromatic N) is 5. The summed E-state index contributed by atoms with van der Waals surface area (Å²) >= 11 is 0. The van der Waals surface area contributed by atoms with Gasteiger partial charge in [0.2, 0.25) is 0 Å². The Morgan fingerprint density at radius 1 is 1.50 bits per heavy atom. The lowest BCUT2D eigenvalue weighted by molar-refractivity contribution is 0.629. The lowest BCUT2D eigenvalue weighted by atomic mass is 10.1. The highest BCUT2D eigenvalue weighted by molar-refractivity contribution is 5.95. The van der Waals surface area contributed by atoms with Crippen molar-refractivity contribution in [3.05, 3.63) is 58.8 Å². The van der Waals surface area contributed by atoms with Crippen LogP contribution in [0.2, 0.25) is 0 Å². The lowest BCUT2D eigenvalue weighted by Crippen LogP contribution is -2.13. The van der Waals surface area contributed by atoms with Gasteiger partial charge in [-0.3, -0.25) is 14.5 Å². The molecular formula is C16H17FN6O. The molecule has 0 unspecified atom stereocenters. The molecule has 24 heavy (non-hydrogen) atoms. The maximum Gasteiger partial charge on any atom is 0.272 e. The van der Waals surface area contributed by atoms with Crippen molar-refractivity contribution in [2.75, 3.05) is 0 Å². The highest BCUT2D eigenvalue weighted by Crippen LogP contribution is 2.28. The number of nitrogens with one attached hydrogen (secondary N) is 1. The van der Waals surface area contributed by atoms with E-state index in [1.54, 1.807) is 24.0 Å². The molecule has 0 saturated heterocycles. The second-order valence-corrected chi connectivity index (χ2v) is 5.16. The van der Waals surface area contributed by atoms with E-state index in [0.717, 1.165) is 0 Å². The van der Waals surface area contributed by atoms with Gasteiger partial charge in [-0.2, -0.15) is 10.2 Å². The summed E-state index contributed by atoms with van der Waals surface area (Å²) in [6.45, 7) is 3.61. The molecular weight excluding hydrogens is 311 g/mol. The highest BCUT2D eigenvalue weighted by Gasteiger charge is 2.15. The molecule has 2 heterocycles. The van der Waals surface area contributed by atoms with E-state index in [1.807, 2.05) is 0 Å². The summed E-state index contributed by atoms with van der Waals surface area (Å²) in [5.41, 5.74) is 0.431. The molecule has 0 radical (unpaired) electrons. The van der Waals surface area contributed by atoms with Crippen LogP contribution in [0.4, 0.5) is 10.1 Å². The molecule has 1 aromatic carbocycles. The van der Waals surface area contributed by atoms with Gasteiger partial charge in [-0.25, -0.2) is 14.5 Å². The van der Waals surface area contributed by atoms with Crippen LogP contribution in [0.5, 0.6) is 0 Å². The second kappa shape index (κ2) is 6.53. The standard InChI is InChI=1S/C16H15FN6O.H2/c1-3-4-5-18-12-7-10(17)6-11-15(12)13(21-22-16(11)24)8-14-19-9-20-23(14)2;/h3,5-7,9H,1,4,8H2,2H3,(H,22,24);1H. The van der Waals surface area contributed by atoms with Crippen LogP contribution >= 0.6 is 0 Å². The van der Waals surface area contributed by atoms with Gasteiger partial charge in [0, 0.05) is 32.6 Å². The fraction of sp³-hybridized carbons (Fsp3) is 0.188. The number of aromatic nitrogens is 5. The Morgan fingerprint density at radius 3 is 3.04 bits per heavy atom. The number of aliphatic imine (C=N–C) groups is 1. The van der Waals surface area contributed by atoms with Gasteiger partial charge in [0.25, 0.3) is 5.56 Å². The lowest BCUT2D eigenvalue weighted by Gasteiger charge is -2.08. The number of hydrogen-bond acceptors (Lipinski definition) is 5. The Labute approximate surface area is 138 Å². The molecule has 0 amide bonds. The quantitative estimate of drug-likeness (QED) is 0.575. The molecule has 2 aromatic heterocycles. The van der Waals surface area contributed by atoms with E-state index in [4.69, 9.17) is 0 Å². The molecule has 3 rings (SSSR count). The molecule has 1 N–H and O–H groups in total. The third-order valence-electron chi connectivity index (χ3n) is 3.54. The smallest absolute Gasteiger partial charge is 0.267 e. The third-order valence-corrected chi connectivity index (χ3v) is 3.54. The number of fused-ring (bicyclic) bond motifs is 1. The van der Waals surface area contributed by atoms with Crippen LogP contribution in [0, 0.1) is 5.82 Å². The number of aromatic amines is 1. The molecule has 0 spiro atoms. The van der Waals surface area contributed by atoms with Crippen LogP contribution in [0.15, 0.2) is 40.9 Å². The molecule has 0 aliphatic rings. The number of benzene rings is 1. The molecule has 0 atom stereocenters. The fourth-order valence-corrected chi connectivity index (χ4v) is 2.39. The molecule has 0 saturated carbocycles. The summed E-state index contributed by atoms with van der Waals surface area (Å²) in [4.78, 5) is 20.5. The summed E-state index contributed by atoms with van der Waals surface area (Å²) in [5.74, 6) is 0.135. The van der Waals surface area contributed by atoms with Crippen LogP contribution in [-0.4, -0.2) is 31.2 Å². The van der Waals surface area contributed by atoms with Gasteiger partial charge in [-0.15, -0.1) is 6.58 Å². The van der Waals surface area contributed by atoms with Crippen molar-refractivity contribution in [1.29, 1.82) is 0 Å². The van der Waals surface area contributed by atoms with Gasteiger partial charge < -0.3 is 0 Å². The van der Waals surface area contributed by atoms with E-state index in [-0.39, 0.29) is 6.81 Å². The predicted molar refractivity (Wildman–Crippen MR) is 91.2 cm³/mol. The normalized spacial score (nSPS) is 11.4. The summed E-state index contributed by atoms with van der Waals surface area (Å²) in [6, 6.07) is 2.46. The van der Waals surface area contributed by atoms with E-state index in [2.05, 4.69) is 31.9 Å². The van der Waals surface area contributed by atoms with E-state index >= 15 is 0 Å². The number of allylic oxidation sites excluding steroid dienone is 1. The number of rotatable bonds is 5. The first kappa shape index (κ1) is 15.7. The van der Waals surface area contributed by atoms with E-state index < -0.39 is 11.4 Å². The molecule has 0 aliphatic carbocycles. The summed E-state index contributed by atoms with van der Waals surface area (Å²) < 4.78 is 15.5. The molecule has 3 aromatic rings. The van der Waals surface area contributed by atoms with Gasteiger partial charge in [-0.1, -0.05) is 6.08 Å². The Kier molecular flexibility index (Phi) is 4.28. The largest absolute Gasteiger partial charge is 0.272 e. The molecule has 0 fully saturated rings. The van der Waals surface area contributed by atoms with Crippen LogP contribution in [0.3, 0.4) is 0 Å². The monoisotopic (exact) mass is 328 g/mol. The Balaban J connectivity index is 0.00000225. The van der Waals surface area contributed by atoms with E-state index in [1.165, 1.54) is 18.5 Å². The maximum absolute atomic E-state index is 13.9. The first-order chi connectivity index (χ1) is 11.6. The minimum absolute atomic E-state index is 0. The van der Waals surface area contributed by atoms with Crippen molar-refractivity contribution in [2.24, 2.45) is 12.0 Å². The number of aryl methyl sites for hydroxylation is 1. The number of halogens is 1. The minimum Gasteiger partial charge on any atom is -0.267 e. The van der Waals surface area contributed by atoms with Gasteiger partial charge in [0.1, 0.15) is 18.0 Å². The minimum atomic E-state index is -0.533. The van der Waals surface area contributed by atoms with Crippen LogP contribution in [0.25, 0.3) is 10.8 Å². The summed E-state index contributed by atoms with van der Waals surface area (Å²) in [6.07, 6.45) is 5.59. The van der Waals surface area contributed by atoms with E-state index in [9.17, 15) is 9.18 Å². The summed E-state index contributed by atoms with van der Waals surface area (Å²) in [5, 5.41) is 11.2. The third kappa shape index (κ3) is 2.98. The van der Waals surface area contributed by atoms with Crippen LogP contribution in [-0.2, 0) is 13.5 Å². The van der Waals surface area contributed by atoms with Crippen molar-refractivity contribution in [1.82, 2.24) is 25.0 Å². The summed E-state index contributed by atoms with van der Waals surface area (Å²) in [7, 11) is 1.76. The maximum atomic E-state index is 13.9. The first-order valence-corrected chi connectivity index (χ1v) is 7.27.